The van der Waals surface area contributed by atoms with Crippen LogP contribution in [0, 0.1) is 0 Å². The maximum absolute atomic E-state index is 11.6. The first-order chi connectivity index (χ1) is 7.62. The molecule has 2 heteroatoms. The van der Waals surface area contributed by atoms with Crippen molar-refractivity contribution in [2.45, 2.75) is 31.8 Å². The van der Waals surface area contributed by atoms with Crippen molar-refractivity contribution in [1.29, 1.82) is 0 Å². The van der Waals surface area contributed by atoms with E-state index in [4.69, 9.17) is 0 Å². The van der Waals surface area contributed by atoms with Crippen molar-refractivity contribution >= 4 is 5.78 Å². The highest BCUT2D eigenvalue weighted by Gasteiger charge is 2.29. The molecule has 0 spiro atoms. The average molecular weight is 218 g/mol. The number of aliphatic hydroxyl groups is 1. The van der Waals surface area contributed by atoms with Gasteiger partial charge in [0.05, 0.1) is 0 Å². The normalized spacial score (nSPS) is 14.1. The molecule has 0 aliphatic rings. The Kier molecular flexibility index (Phi) is 4.44. The molecule has 1 aromatic rings. The fourth-order valence-corrected chi connectivity index (χ4v) is 1.64. The van der Waals surface area contributed by atoms with Gasteiger partial charge in [0.2, 0.25) is 0 Å². The lowest BCUT2D eigenvalue weighted by molar-refractivity contribution is -0.133. The largest absolute Gasteiger partial charge is 0.378 e. The quantitative estimate of drug-likeness (QED) is 0.745. The predicted molar refractivity (Wildman–Crippen MR) is 65.2 cm³/mol. The van der Waals surface area contributed by atoms with E-state index in [0.717, 1.165) is 5.56 Å². The predicted octanol–water partition coefficient (Wildman–Crippen LogP) is 2.52. The number of aryl methyl sites for hydroxylation is 1. The standard InChI is InChI=1S/C14H18O2/c1-3-13(15)14(16,4-2)11-10-12-8-6-5-7-9-12/h4-9,16H,2-3,10-11H2,1H3. The van der Waals surface area contributed by atoms with E-state index in [0.29, 0.717) is 19.3 Å². The Hall–Kier alpha value is -1.41. The Labute approximate surface area is 96.6 Å². The van der Waals surface area contributed by atoms with Crippen LogP contribution in [0.4, 0.5) is 0 Å². The number of hydrogen-bond donors (Lipinski definition) is 1. The number of hydrogen-bond acceptors (Lipinski definition) is 2. The van der Waals surface area contributed by atoms with Crippen molar-refractivity contribution in [3.63, 3.8) is 0 Å². The Bertz CT molecular complexity index is 356. The van der Waals surface area contributed by atoms with Crippen molar-refractivity contribution < 1.29 is 9.90 Å². The third kappa shape index (κ3) is 3.04. The Morgan fingerprint density at radius 3 is 2.56 bits per heavy atom. The van der Waals surface area contributed by atoms with Gasteiger partial charge in [0.25, 0.3) is 0 Å². The summed E-state index contributed by atoms with van der Waals surface area (Å²) < 4.78 is 0. The minimum atomic E-state index is -1.37. The lowest BCUT2D eigenvalue weighted by Gasteiger charge is -2.22. The minimum Gasteiger partial charge on any atom is -0.378 e. The van der Waals surface area contributed by atoms with Gasteiger partial charge in [-0.15, -0.1) is 0 Å². The number of Topliss-reactive ketones (excluding diaryl/α,β-unsaturated/α-hetero) is 1. The monoisotopic (exact) mass is 218 g/mol. The number of benzene rings is 1. The van der Waals surface area contributed by atoms with E-state index < -0.39 is 5.60 Å². The fourth-order valence-electron chi connectivity index (χ4n) is 1.64. The van der Waals surface area contributed by atoms with Crippen LogP contribution in [0.25, 0.3) is 0 Å². The molecule has 0 aliphatic heterocycles. The molecule has 0 fully saturated rings. The molecule has 0 saturated carbocycles. The van der Waals surface area contributed by atoms with Crippen molar-refractivity contribution in [3.05, 3.63) is 48.6 Å². The van der Waals surface area contributed by atoms with Gasteiger partial charge in [-0.05, 0) is 18.4 Å². The second kappa shape index (κ2) is 5.61. The van der Waals surface area contributed by atoms with Gasteiger partial charge in [-0.25, -0.2) is 0 Å². The summed E-state index contributed by atoms with van der Waals surface area (Å²) in [7, 11) is 0. The number of rotatable bonds is 6. The molecule has 1 rings (SSSR count). The molecule has 0 aromatic heterocycles. The molecule has 0 radical (unpaired) electrons. The van der Waals surface area contributed by atoms with Crippen LogP contribution in [0.3, 0.4) is 0 Å². The third-order valence-corrected chi connectivity index (χ3v) is 2.78. The van der Waals surface area contributed by atoms with Crippen LogP contribution < -0.4 is 0 Å². The van der Waals surface area contributed by atoms with Gasteiger partial charge in [0.1, 0.15) is 5.60 Å². The van der Waals surface area contributed by atoms with Crippen molar-refractivity contribution in [3.8, 4) is 0 Å². The lowest BCUT2D eigenvalue weighted by Crippen LogP contribution is -2.36. The van der Waals surface area contributed by atoms with E-state index in [9.17, 15) is 9.90 Å². The molecule has 16 heavy (non-hydrogen) atoms. The van der Waals surface area contributed by atoms with Crippen molar-refractivity contribution in [2.75, 3.05) is 0 Å². The average Bonchev–Trinajstić information content (AvgIpc) is 2.36. The molecule has 1 unspecified atom stereocenters. The summed E-state index contributed by atoms with van der Waals surface area (Å²) in [5.41, 5.74) is -0.253. The number of ketones is 1. The van der Waals surface area contributed by atoms with Crippen LogP contribution in [0.15, 0.2) is 43.0 Å². The molecule has 0 heterocycles. The second-order valence-corrected chi connectivity index (χ2v) is 3.89. The van der Waals surface area contributed by atoms with Crippen LogP contribution in [-0.4, -0.2) is 16.5 Å². The summed E-state index contributed by atoms with van der Waals surface area (Å²) in [6, 6.07) is 9.81. The van der Waals surface area contributed by atoms with E-state index in [1.807, 2.05) is 30.3 Å². The first kappa shape index (κ1) is 12.7. The van der Waals surface area contributed by atoms with E-state index in [-0.39, 0.29) is 5.78 Å². The zero-order chi connectivity index (χ0) is 12.0. The summed E-state index contributed by atoms with van der Waals surface area (Å²) in [5, 5.41) is 10.1. The zero-order valence-corrected chi connectivity index (χ0v) is 9.65. The molecular weight excluding hydrogens is 200 g/mol. The fraction of sp³-hybridized carbons (Fsp3) is 0.357. The molecule has 1 N–H and O–H groups in total. The van der Waals surface area contributed by atoms with Gasteiger partial charge in [-0.1, -0.05) is 49.9 Å². The van der Waals surface area contributed by atoms with E-state index in [1.54, 1.807) is 6.92 Å². The molecule has 0 amide bonds. The Morgan fingerprint density at radius 1 is 1.44 bits per heavy atom. The van der Waals surface area contributed by atoms with Crippen molar-refractivity contribution in [2.24, 2.45) is 0 Å². The highest BCUT2D eigenvalue weighted by molar-refractivity contribution is 5.88. The smallest absolute Gasteiger partial charge is 0.168 e. The first-order valence-corrected chi connectivity index (χ1v) is 5.55. The number of carbonyl (C=O) groups is 1. The summed E-state index contributed by atoms with van der Waals surface area (Å²) in [4.78, 5) is 11.6. The molecule has 86 valence electrons. The maximum atomic E-state index is 11.6. The molecule has 0 saturated heterocycles. The third-order valence-electron chi connectivity index (χ3n) is 2.78. The van der Waals surface area contributed by atoms with Crippen LogP contribution in [-0.2, 0) is 11.2 Å². The molecule has 0 bridgehead atoms. The SMILES string of the molecule is C=CC(O)(CCc1ccccc1)C(=O)CC. The summed E-state index contributed by atoms with van der Waals surface area (Å²) >= 11 is 0. The number of carbonyl (C=O) groups excluding carboxylic acids is 1. The van der Waals surface area contributed by atoms with Gasteiger partial charge in [-0.2, -0.15) is 0 Å². The second-order valence-electron chi connectivity index (χ2n) is 3.89. The molecule has 1 aromatic carbocycles. The van der Waals surface area contributed by atoms with Gasteiger partial charge in [-0.3, -0.25) is 4.79 Å². The van der Waals surface area contributed by atoms with Crippen LogP contribution in [0.1, 0.15) is 25.3 Å². The van der Waals surface area contributed by atoms with E-state index in [1.165, 1.54) is 6.08 Å². The molecular formula is C14H18O2. The minimum absolute atomic E-state index is 0.168. The molecule has 2 nitrogen and oxygen atoms in total. The van der Waals surface area contributed by atoms with Gasteiger partial charge < -0.3 is 5.11 Å². The Balaban J connectivity index is 2.65. The van der Waals surface area contributed by atoms with Crippen LogP contribution in [0.2, 0.25) is 0 Å². The topological polar surface area (TPSA) is 37.3 Å². The molecule has 0 aliphatic carbocycles. The maximum Gasteiger partial charge on any atom is 0.168 e. The van der Waals surface area contributed by atoms with E-state index in [2.05, 4.69) is 6.58 Å². The van der Waals surface area contributed by atoms with Crippen molar-refractivity contribution in [1.82, 2.24) is 0 Å². The highest BCUT2D eigenvalue weighted by atomic mass is 16.3. The highest BCUT2D eigenvalue weighted by Crippen LogP contribution is 2.18. The van der Waals surface area contributed by atoms with Gasteiger partial charge >= 0.3 is 0 Å². The van der Waals surface area contributed by atoms with Crippen LogP contribution in [0.5, 0.6) is 0 Å². The first-order valence-electron chi connectivity index (χ1n) is 5.55. The molecule has 1 atom stereocenters. The Morgan fingerprint density at radius 2 is 2.06 bits per heavy atom. The van der Waals surface area contributed by atoms with Crippen LogP contribution >= 0.6 is 0 Å². The summed E-state index contributed by atoms with van der Waals surface area (Å²) in [5.74, 6) is -0.168. The van der Waals surface area contributed by atoms with Gasteiger partial charge in [0, 0.05) is 6.42 Å². The lowest BCUT2D eigenvalue weighted by atomic mass is 9.89. The van der Waals surface area contributed by atoms with Gasteiger partial charge in [0.15, 0.2) is 5.78 Å². The summed E-state index contributed by atoms with van der Waals surface area (Å²) in [6.07, 6.45) is 2.75. The summed E-state index contributed by atoms with van der Waals surface area (Å²) in [6.45, 7) is 5.29. The van der Waals surface area contributed by atoms with E-state index >= 15 is 0 Å². The zero-order valence-electron chi connectivity index (χ0n) is 9.65.